The molecule has 0 aliphatic rings. The number of hydrogen-bond donors (Lipinski definition) is 1. The minimum atomic E-state index is -0.829. The van der Waals surface area contributed by atoms with Crippen LogP contribution < -0.4 is 0 Å². The zero-order valence-electron chi connectivity index (χ0n) is 6.06. The third-order valence-electron chi connectivity index (χ3n) is 0.744. The van der Waals surface area contributed by atoms with Crippen molar-refractivity contribution >= 4 is 5.97 Å². The van der Waals surface area contributed by atoms with E-state index in [4.69, 9.17) is 5.11 Å². The van der Waals surface area contributed by atoms with Crippen LogP contribution in [0.5, 0.6) is 0 Å². The Morgan fingerprint density at radius 3 is 2.18 bits per heavy atom. The Morgan fingerprint density at radius 2 is 2.09 bits per heavy atom. The van der Waals surface area contributed by atoms with Gasteiger partial charge in [-0.05, 0) is 12.1 Å². The van der Waals surface area contributed by atoms with Gasteiger partial charge in [-0.15, -0.1) is 6.58 Å². The van der Waals surface area contributed by atoms with Crippen LogP contribution in [0.15, 0.2) is 41.7 Å². The maximum absolute atomic E-state index is 9.53. The van der Waals surface area contributed by atoms with Crippen molar-refractivity contribution in [3.05, 3.63) is 37.3 Å². The molecule has 1 N–H and O–H groups in total. The Bertz CT molecular complexity index is 172. The van der Waals surface area contributed by atoms with Crippen LogP contribution in [0.2, 0.25) is 0 Å². The van der Waals surface area contributed by atoms with Gasteiger partial charge in [-0.1, -0.05) is 6.08 Å². The molecule has 1 heterocycles. The lowest BCUT2D eigenvalue weighted by molar-refractivity contribution is -0.135. The van der Waals surface area contributed by atoms with E-state index in [9.17, 15) is 4.79 Å². The molecule has 0 atom stereocenters. The van der Waals surface area contributed by atoms with E-state index in [0.29, 0.717) is 0 Å². The van der Waals surface area contributed by atoms with Gasteiger partial charge in [-0.2, -0.15) is 0 Å². The smallest absolute Gasteiger partial charge is 0.307 e. The van der Waals surface area contributed by atoms with Gasteiger partial charge >= 0.3 is 5.97 Å². The van der Waals surface area contributed by atoms with Crippen LogP contribution in [0.3, 0.4) is 0 Å². The molecule has 3 nitrogen and oxygen atoms in total. The summed E-state index contributed by atoms with van der Waals surface area (Å²) < 4.78 is 4.58. The van der Waals surface area contributed by atoms with Gasteiger partial charge in [0, 0.05) is 0 Å². The molecule has 3 heteroatoms. The largest absolute Gasteiger partial charge is 0.481 e. The summed E-state index contributed by atoms with van der Waals surface area (Å²) >= 11 is 0. The molecule has 0 spiro atoms. The van der Waals surface area contributed by atoms with E-state index in [0.717, 1.165) is 0 Å². The second-order valence-corrected chi connectivity index (χ2v) is 1.68. The third kappa shape index (κ3) is 8.49. The minimum absolute atomic E-state index is 0.0556. The van der Waals surface area contributed by atoms with Crippen molar-refractivity contribution in [2.45, 2.75) is 6.42 Å². The number of rotatable bonds is 2. The highest BCUT2D eigenvalue weighted by atomic mass is 16.4. The first kappa shape index (κ1) is 9.49. The lowest BCUT2D eigenvalue weighted by Gasteiger charge is -1.75. The molecule has 60 valence electrons. The summed E-state index contributed by atoms with van der Waals surface area (Å²) in [5.41, 5.74) is 0. The van der Waals surface area contributed by atoms with E-state index in [2.05, 4.69) is 11.0 Å². The molecule has 0 aliphatic carbocycles. The Morgan fingerprint density at radius 1 is 1.55 bits per heavy atom. The summed E-state index contributed by atoms with van der Waals surface area (Å²) in [6, 6.07) is 3.67. The van der Waals surface area contributed by atoms with Crippen LogP contribution in [-0.2, 0) is 4.79 Å². The normalized spacial score (nSPS) is 7.64. The monoisotopic (exact) mass is 154 g/mol. The number of hydrogen-bond acceptors (Lipinski definition) is 2. The summed E-state index contributed by atoms with van der Waals surface area (Å²) in [6.07, 6.45) is 4.66. The molecule has 1 aromatic heterocycles. The van der Waals surface area contributed by atoms with E-state index >= 15 is 0 Å². The Balaban J connectivity index is 0.000000183. The van der Waals surface area contributed by atoms with Crippen LogP contribution >= 0.6 is 0 Å². The summed E-state index contributed by atoms with van der Waals surface area (Å²) in [6.45, 7) is 3.22. The van der Waals surface area contributed by atoms with Crippen LogP contribution in [0, 0.1) is 0 Å². The summed E-state index contributed by atoms with van der Waals surface area (Å²) in [7, 11) is 0. The summed E-state index contributed by atoms with van der Waals surface area (Å²) in [4.78, 5) is 9.53. The van der Waals surface area contributed by atoms with Crippen LogP contribution in [-0.4, -0.2) is 11.1 Å². The van der Waals surface area contributed by atoms with E-state index in [1.807, 2.05) is 12.1 Å². The van der Waals surface area contributed by atoms with Crippen molar-refractivity contribution < 1.29 is 14.3 Å². The van der Waals surface area contributed by atoms with E-state index in [1.54, 1.807) is 12.5 Å². The summed E-state index contributed by atoms with van der Waals surface area (Å²) in [5, 5.41) is 7.84. The average Bonchev–Trinajstić information content (AvgIpc) is 2.41. The highest BCUT2D eigenvalue weighted by Gasteiger charge is 1.84. The van der Waals surface area contributed by atoms with Gasteiger partial charge in [0.25, 0.3) is 0 Å². The lowest BCUT2D eigenvalue weighted by atomic mass is 10.4. The quantitative estimate of drug-likeness (QED) is 0.662. The van der Waals surface area contributed by atoms with E-state index in [1.165, 1.54) is 6.08 Å². The topological polar surface area (TPSA) is 50.4 Å². The minimum Gasteiger partial charge on any atom is -0.481 e. The molecule has 11 heavy (non-hydrogen) atoms. The Kier molecular flexibility index (Phi) is 5.70. The maximum atomic E-state index is 9.53. The molecular formula is C8H10O3. The summed E-state index contributed by atoms with van der Waals surface area (Å²) in [5.74, 6) is -0.829. The molecule has 0 saturated carbocycles. The molecule has 0 radical (unpaired) electrons. The van der Waals surface area contributed by atoms with Crippen molar-refractivity contribution in [2.75, 3.05) is 0 Å². The van der Waals surface area contributed by atoms with Gasteiger partial charge in [0.05, 0.1) is 18.9 Å². The molecule has 0 aromatic carbocycles. The SMILES string of the molecule is C=CCC(=O)O.c1ccoc1. The average molecular weight is 154 g/mol. The van der Waals surface area contributed by atoms with Gasteiger partial charge in [0.1, 0.15) is 0 Å². The lowest BCUT2D eigenvalue weighted by Crippen LogP contribution is -1.88. The number of carboxylic acids is 1. The maximum Gasteiger partial charge on any atom is 0.307 e. The van der Waals surface area contributed by atoms with Gasteiger partial charge in [-0.25, -0.2) is 0 Å². The van der Waals surface area contributed by atoms with E-state index in [-0.39, 0.29) is 6.42 Å². The van der Waals surface area contributed by atoms with Crippen LogP contribution in [0.1, 0.15) is 6.42 Å². The second-order valence-electron chi connectivity index (χ2n) is 1.68. The van der Waals surface area contributed by atoms with Crippen molar-refractivity contribution in [1.82, 2.24) is 0 Å². The number of aliphatic carboxylic acids is 1. The predicted molar refractivity (Wildman–Crippen MR) is 41.2 cm³/mol. The molecule has 0 fully saturated rings. The van der Waals surface area contributed by atoms with Crippen molar-refractivity contribution in [2.24, 2.45) is 0 Å². The molecule has 0 unspecified atom stereocenters. The fourth-order valence-corrected chi connectivity index (χ4v) is 0.350. The van der Waals surface area contributed by atoms with Crippen molar-refractivity contribution in [3.8, 4) is 0 Å². The molecular weight excluding hydrogens is 144 g/mol. The van der Waals surface area contributed by atoms with Gasteiger partial charge in [-0.3, -0.25) is 4.79 Å². The Labute approximate surface area is 65.0 Å². The highest BCUT2D eigenvalue weighted by molar-refractivity contribution is 5.68. The molecule has 0 amide bonds. The fourth-order valence-electron chi connectivity index (χ4n) is 0.350. The van der Waals surface area contributed by atoms with Crippen molar-refractivity contribution in [3.63, 3.8) is 0 Å². The van der Waals surface area contributed by atoms with Crippen LogP contribution in [0.25, 0.3) is 0 Å². The number of carbonyl (C=O) groups is 1. The molecule has 0 aliphatic heterocycles. The van der Waals surface area contributed by atoms with Gasteiger partial charge < -0.3 is 9.52 Å². The first-order valence-corrected chi connectivity index (χ1v) is 3.07. The highest BCUT2D eigenvalue weighted by Crippen LogP contribution is 1.79. The Hall–Kier alpha value is -1.51. The molecule has 1 aromatic rings. The second kappa shape index (κ2) is 6.61. The predicted octanol–water partition coefficient (Wildman–Crippen LogP) is 1.93. The molecule has 0 saturated heterocycles. The first-order valence-electron chi connectivity index (χ1n) is 3.07. The van der Waals surface area contributed by atoms with Crippen LogP contribution in [0.4, 0.5) is 0 Å². The third-order valence-corrected chi connectivity index (χ3v) is 0.744. The zero-order chi connectivity index (χ0) is 8.53. The van der Waals surface area contributed by atoms with Gasteiger partial charge in [0.15, 0.2) is 0 Å². The van der Waals surface area contributed by atoms with Crippen molar-refractivity contribution in [1.29, 1.82) is 0 Å². The number of carboxylic acid groups (broad SMARTS) is 1. The number of furan rings is 1. The first-order chi connectivity index (χ1) is 5.27. The molecule has 1 rings (SSSR count). The van der Waals surface area contributed by atoms with Gasteiger partial charge in [0.2, 0.25) is 0 Å². The van der Waals surface area contributed by atoms with E-state index < -0.39 is 5.97 Å². The fraction of sp³-hybridized carbons (Fsp3) is 0.125. The standard InChI is InChI=1S/C4H6O2.C4H4O/c1-2-3-4(5)6;1-2-4-5-3-1/h2H,1,3H2,(H,5,6);1-4H. The molecule has 0 bridgehead atoms. The zero-order valence-corrected chi connectivity index (χ0v) is 6.06.